The summed E-state index contributed by atoms with van der Waals surface area (Å²) in [6, 6.07) is 16.5. The smallest absolute Gasteiger partial charge is 0.254 e. The van der Waals surface area contributed by atoms with Gasteiger partial charge in [0.1, 0.15) is 0 Å². The molecule has 2 aromatic rings. The van der Waals surface area contributed by atoms with Crippen LogP contribution in [0.15, 0.2) is 48.5 Å². The predicted octanol–water partition coefficient (Wildman–Crippen LogP) is 4.87. The van der Waals surface area contributed by atoms with Crippen molar-refractivity contribution in [3.63, 3.8) is 0 Å². The van der Waals surface area contributed by atoms with Gasteiger partial charge in [0.25, 0.3) is 5.91 Å². The first-order valence-electron chi connectivity index (χ1n) is 10.5. The molecule has 2 aromatic carbocycles. The molecule has 0 radical (unpaired) electrons. The molecule has 1 saturated heterocycles. The fourth-order valence-electron chi connectivity index (χ4n) is 3.67. The summed E-state index contributed by atoms with van der Waals surface area (Å²) in [7, 11) is 4.06. The van der Waals surface area contributed by atoms with E-state index < -0.39 is 0 Å². The van der Waals surface area contributed by atoms with E-state index in [4.69, 9.17) is 4.74 Å². The third-order valence-corrected chi connectivity index (χ3v) is 5.56. The lowest BCUT2D eigenvalue weighted by Gasteiger charge is -2.26. The number of nitrogens with zero attached hydrogens (tertiary/aromatic N) is 2. The first kappa shape index (κ1) is 21.4. The van der Waals surface area contributed by atoms with Gasteiger partial charge in [-0.05, 0) is 53.6 Å². The second-order valence-corrected chi connectivity index (χ2v) is 9.21. The average Bonchev–Trinajstić information content (AvgIpc) is 3.20. The molecule has 1 amide bonds. The van der Waals surface area contributed by atoms with E-state index in [-0.39, 0.29) is 17.4 Å². The third kappa shape index (κ3) is 5.60. The number of anilines is 1. The maximum absolute atomic E-state index is 13.3. The summed E-state index contributed by atoms with van der Waals surface area (Å²) in [6.07, 6.45) is 2.23. The Hall–Kier alpha value is -2.33. The molecule has 0 N–H and O–H groups in total. The number of ether oxygens (including phenoxy) is 1. The first-order chi connectivity index (χ1) is 13.7. The van der Waals surface area contributed by atoms with E-state index in [0.29, 0.717) is 13.1 Å². The number of hydrogen-bond acceptors (Lipinski definition) is 3. The number of carbonyl (C=O) groups is 1. The molecule has 4 nitrogen and oxygen atoms in total. The lowest BCUT2D eigenvalue weighted by Crippen LogP contribution is -2.37. The zero-order chi connectivity index (χ0) is 21.0. The monoisotopic (exact) mass is 394 g/mol. The Balaban J connectivity index is 1.79. The minimum atomic E-state index is 0.0673. The molecule has 1 aliphatic heterocycles. The standard InChI is InChI=1S/C25H34N2O2/c1-25(2,3)21-12-10-20(11-13-21)24(28)27(18-23-7-6-16-29-23)17-19-8-14-22(15-9-19)26(4)5/h8-15,23H,6-7,16-18H2,1-5H3. The Morgan fingerprint density at radius 3 is 2.21 bits per heavy atom. The summed E-state index contributed by atoms with van der Waals surface area (Å²) in [5.41, 5.74) is 4.34. The SMILES string of the molecule is CN(C)c1ccc(CN(CC2CCCO2)C(=O)c2ccc(C(C)(C)C)cc2)cc1. The van der Waals surface area contributed by atoms with Crippen molar-refractivity contribution in [2.24, 2.45) is 0 Å². The first-order valence-corrected chi connectivity index (χ1v) is 10.5. The second kappa shape index (κ2) is 9.00. The highest BCUT2D eigenvalue weighted by atomic mass is 16.5. The van der Waals surface area contributed by atoms with Crippen molar-refractivity contribution in [2.75, 3.05) is 32.1 Å². The summed E-state index contributed by atoms with van der Waals surface area (Å²) in [6.45, 7) is 8.58. The molecular weight excluding hydrogens is 360 g/mol. The number of rotatable bonds is 6. The van der Waals surface area contributed by atoms with Crippen LogP contribution in [0.4, 0.5) is 5.69 Å². The Kier molecular flexibility index (Phi) is 6.63. The van der Waals surface area contributed by atoms with Gasteiger partial charge in [-0.3, -0.25) is 4.79 Å². The summed E-state index contributed by atoms with van der Waals surface area (Å²) in [4.78, 5) is 17.4. The lowest BCUT2D eigenvalue weighted by molar-refractivity contribution is 0.0507. The predicted molar refractivity (Wildman–Crippen MR) is 120 cm³/mol. The van der Waals surface area contributed by atoms with Gasteiger partial charge in [0, 0.05) is 45.0 Å². The molecule has 0 spiro atoms. The van der Waals surface area contributed by atoms with Crippen LogP contribution in [0.5, 0.6) is 0 Å². The van der Waals surface area contributed by atoms with Gasteiger partial charge in [-0.1, -0.05) is 45.0 Å². The third-order valence-electron chi connectivity index (χ3n) is 5.56. The number of benzene rings is 2. The molecular formula is C25H34N2O2. The lowest BCUT2D eigenvalue weighted by atomic mass is 9.86. The number of hydrogen-bond donors (Lipinski definition) is 0. The van der Waals surface area contributed by atoms with Gasteiger partial charge in [0.2, 0.25) is 0 Å². The maximum Gasteiger partial charge on any atom is 0.254 e. The highest BCUT2D eigenvalue weighted by Gasteiger charge is 2.24. The van der Waals surface area contributed by atoms with Crippen molar-refractivity contribution in [2.45, 2.75) is 51.7 Å². The molecule has 1 unspecified atom stereocenters. The van der Waals surface area contributed by atoms with Gasteiger partial charge in [0.05, 0.1) is 6.10 Å². The Bertz CT molecular complexity index is 798. The maximum atomic E-state index is 13.3. The number of carbonyl (C=O) groups excluding carboxylic acids is 1. The van der Waals surface area contributed by atoms with Gasteiger partial charge < -0.3 is 14.5 Å². The van der Waals surface area contributed by atoms with Crippen LogP contribution in [0.25, 0.3) is 0 Å². The van der Waals surface area contributed by atoms with Crippen molar-refractivity contribution in [1.82, 2.24) is 4.90 Å². The quantitative estimate of drug-likeness (QED) is 0.701. The van der Waals surface area contributed by atoms with E-state index in [9.17, 15) is 4.79 Å². The molecule has 3 rings (SSSR count). The zero-order valence-corrected chi connectivity index (χ0v) is 18.4. The van der Waals surface area contributed by atoms with Crippen LogP contribution in [0.3, 0.4) is 0 Å². The van der Waals surface area contributed by atoms with Gasteiger partial charge in [-0.15, -0.1) is 0 Å². The highest BCUT2D eigenvalue weighted by Crippen LogP contribution is 2.24. The summed E-state index contributed by atoms with van der Waals surface area (Å²) < 4.78 is 5.82. The molecule has 0 saturated carbocycles. The molecule has 156 valence electrons. The largest absolute Gasteiger partial charge is 0.378 e. The zero-order valence-electron chi connectivity index (χ0n) is 18.4. The van der Waals surface area contributed by atoms with Crippen LogP contribution in [0.2, 0.25) is 0 Å². The topological polar surface area (TPSA) is 32.8 Å². The van der Waals surface area contributed by atoms with Crippen molar-refractivity contribution < 1.29 is 9.53 Å². The summed E-state index contributed by atoms with van der Waals surface area (Å²) in [5.74, 6) is 0.0673. The minimum absolute atomic E-state index is 0.0673. The van der Waals surface area contributed by atoms with Crippen molar-refractivity contribution in [3.05, 3.63) is 65.2 Å². The van der Waals surface area contributed by atoms with E-state index in [2.05, 4.69) is 62.1 Å². The van der Waals surface area contributed by atoms with E-state index >= 15 is 0 Å². The van der Waals surface area contributed by atoms with Gasteiger partial charge in [0.15, 0.2) is 0 Å². The second-order valence-electron chi connectivity index (χ2n) is 9.21. The highest BCUT2D eigenvalue weighted by molar-refractivity contribution is 5.94. The van der Waals surface area contributed by atoms with Gasteiger partial charge in [-0.25, -0.2) is 0 Å². The average molecular weight is 395 g/mol. The number of amides is 1. The Morgan fingerprint density at radius 1 is 1.03 bits per heavy atom. The molecule has 4 heteroatoms. The van der Waals surface area contributed by atoms with Crippen molar-refractivity contribution in [1.29, 1.82) is 0 Å². The van der Waals surface area contributed by atoms with E-state index in [1.165, 1.54) is 5.56 Å². The van der Waals surface area contributed by atoms with Gasteiger partial charge in [-0.2, -0.15) is 0 Å². The van der Waals surface area contributed by atoms with Crippen molar-refractivity contribution >= 4 is 11.6 Å². The van der Waals surface area contributed by atoms with Crippen LogP contribution in [0.1, 0.15) is 55.1 Å². The fourth-order valence-corrected chi connectivity index (χ4v) is 3.67. The van der Waals surface area contributed by atoms with Crippen LogP contribution >= 0.6 is 0 Å². The molecule has 0 bridgehead atoms. The van der Waals surface area contributed by atoms with E-state index in [1.807, 2.05) is 31.1 Å². The molecule has 0 aliphatic carbocycles. The van der Waals surface area contributed by atoms with E-state index in [1.54, 1.807) is 0 Å². The van der Waals surface area contributed by atoms with Gasteiger partial charge >= 0.3 is 0 Å². The molecule has 1 atom stereocenters. The summed E-state index contributed by atoms with van der Waals surface area (Å²) in [5, 5.41) is 0. The van der Waals surface area contributed by atoms with Crippen LogP contribution in [-0.4, -0.2) is 44.2 Å². The summed E-state index contributed by atoms with van der Waals surface area (Å²) >= 11 is 0. The molecule has 0 aromatic heterocycles. The Labute approximate surface area is 175 Å². The molecule has 1 fully saturated rings. The Morgan fingerprint density at radius 2 is 1.69 bits per heavy atom. The van der Waals surface area contributed by atoms with Crippen molar-refractivity contribution in [3.8, 4) is 0 Å². The molecule has 29 heavy (non-hydrogen) atoms. The van der Waals surface area contributed by atoms with Crippen LogP contribution in [0, 0.1) is 0 Å². The molecule has 1 aliphatic rings. The minimum Gasteiger partial charge on any atom is -0.378 e. The molecule has 1 heterocycles. The normalized spacial score (nSPS) is 16.7. The van der Waals surface area contributed by atoms with E-state index in [0.717, 1.165) is 36.3 Å². The van der Waals surface area contributed by atoms with Crippen LogP contribution in [-0.2, 0) is 16.7 Å². The fraction of sp³-hybridized carbons (Fsp3) is 0.480. The van der Waals surface area contributed by atoms with Crippen LogP contribution < -0.4 is 4.90 Å².